The number of hydrogen-bond acceptors (Lipinski definition) is 10. The highest BCUT2D eigenvalue weighted by Gasteiger charge is 2.29. The molecule has 1 aliphatic heterocycles. The SMILES string of the molecule is CCNc1nnc(Sc2ccc(S(=O)(=O)N3CCOCC3)cc2[N+](=O)[O-])s1. The molecule has 0 bridgehead atoms. The number of benzene rings is 1. The Hall–Kier alpha value is -1.80. The molecule has 1 N–H and O–H groups in total. The number of nitrogens with zero attached hydrogens (tertiary/aromatic N) is 4. The Morgan fingerprint density at radius 3 is 2.78 bits per heavy atom. The first-order valence-electron chi connectivity index (χ1n) is 8.03. The summed E-state index contributed by atoms with van der Waals surface area (Å²) in [6, 6.07) is 3.91. The molecule has 0 unspecified atom stereocenters. The van der Waals surface area contributed by atoms with E-state index in [-0.39, 0.29) is 23.7 Å². The number of sulfonamides is 1. The molecule has 3 rings (SSSR count). The number of nitro groups is 1. The van der Waals surface area contributed by atoms with Crippen LogP contribution >= 0.6 is 23.1 Å². The highest BCUT2D eigenvalue weighted by atomic mass is 32.2. The smallest absolute Gasteiger partial charge is 0.284 e. The zero-order valence-electron chi connectivity index (χ0n) is 14.3. The van der Waals surface area contributed by atoms with Gasteiger partial charge in [0.15, 0.2) is 4.34 Å². The minimum Gasteiger partial charge on any atom is -0.379 e. The van der Waals surface area contributed by atoms with Crippen LogP contribution in [-0.4, -0.2) is 60.7 Å². The van der Waals surface area contributed by atoms with E-state index in [2.05, 4.69) is 15.5 Å². The number of aromatic nitrogens is 2. The van der Waals surface area contributed by atoms with E-state index < -0.39 is 14.9 Å². The van der Waals surface area contributed by atoms with Gasteiger partial charge >= 0.3 is 0 Å². The maximum Gasteiger partial charge on any atom is 0.284 e. The van der Waals surface area contributed by atoms with Gasteiger partial charge in [0.25, 0.3) is 5.69 Å². The first-order chi connectivity index (χ1) is 12.9. The van der Waals surface area contributed by atoms with E-state index in [0.29, 0.717) is 34.1 Å². The number of rotatable bonds is 7. The Morgan fingerprint density at radius 1 is 1.37 bits per heavy atom. The third-order valence-electron chi connectivity index (χ3n) is 3.67. The van der Waals surface area contributed by atoms with Gasteiger partial charge in [0.1, 0.15) is 0 Å². The predicted molar refractivity (Wildman–Crippen MR) is 101 cm³/mol. The molecule has 0 saturated carbocycles. The van der Waals surface area contributed by atoms with E-state index >= 15 is 0 Å². The van der Waals surface area contributed by atoms with Crippen LogP contribution in [0.15, 0.2) is 32.3 Å². The Kier molecular flexibility index (Phi) is 6.26. The van der Waals surface area contributed by atoms with Crippen LogP contribution in [0.4, 0.5) is 10.8 Å². The molecule has 2 aromatic rings. The second-order valence-electron chi connectivity index (χ2n) is 5.41. The molecule has 1 aliphatic rings. The van der Waals surface area contributed by atoms with Crippen molar-refractivity contribution in [1.29, 1.82) is 0 Å². The average molecular weight is 432 g/mol. The molecule has 0 amide bonds. The molecular formula is C14H17N5O5S3. The molecule has 0 atom stereocenters. The Bertz CT molecular complexity index is 927. The standard InChI is InChI=1S/C14H17N5O5S3/c1-2-15-13-16-17-14(26-13)25-12-4-3-10(9-11(12)19(20)21)27(22,23)18-5-7-24-8-6-18/h3-4,9H,2,5-8H2,1H3,(H,15,16). The van der Waals surface area contributed by atoms with Gasteiger partial charge in [-0.3, -0.25) is 10.1 Å². The third kappa shape index (κ3) is 4.55. The van der Waals surface area contributed by atoms with E-state index in [0.717, 1.165) is 17.8 Å². The Balaban J connectivity index is 1.89. The molecule has 0 aliphatic carbocycles. The predicted octanol–water partition coefficient (Wildman–Crippen LogP) is 2.05. The lowest BCUT2D eigenvalue weighted by molar-refractivity contribution is -0.388. The van der Waals surface area contributed by atoms with Crippen molar-refractivity contribution in [2.45, 2.75) is 21.1 Å². The summed E-state index contributed by atoms with van der Waals surface area (Å²) in [5.41, 5.74) is -0.283. The summed E-state index contributed by atoms with van der Waals surface area (Å²) in [4.78, 5) is 11.1. The van der Waals surface area contributed by atoms with Crippen LogP contribution in [-0.2, 0) is 14.8 Å². The topological polar surface area (TPSA) is 128 Å². The molecular weight excluding hydrogens is 414 g/mol. The fourth-order valence-corrected chi connectivity index (χ4v) is 5.68. The molecule has 13 heteroatoms. The summed E-state index contributed by atoms with van der Waals surface area (Å²) >= 11 is 2.35. The normalized spacial score (nSPS) is 15.6. The molecule has 10 nitrogen and oxygen atoms in total. The van der Waals surface area contributed by atoms with E-state index in [9.17, 15) is 18.5 Å². The molecule has 1 aromatic carbocycles. The van der Waals surface area contributed by atoms with Crippen molar-refractivity contribution in [1.82, 2.24) is 14.5 Å². The fraction of sp³-hybridized carbons (Fsp3) is 0.429. The van der Waals surface area contributed by atoms with Crippen molar-refractivity contribution in [2.75, 3.05) is 38.2 Å². The van der Waals surface area contributed by atoms with Crippen LogP contribution < -0.4 is 5.32 Å². The number of morpholine rings is 1. The van der Waals surface area contributed by atoms with Crippen LogP contribution in [0.2, 0.25) is 0 Å². The van der Waals surface area contributed by atoms with E-state index in [4.69, 9.17) is 4.74 Å². The largest absolute Gasteiger partial charge is 0.379 e. The third-order valence-corrected chi connectivity index (χ3v) is 7.56. The van der Waals surface area contributed by atoms with Crippen molar-refractivity contribution in [2.24, 2.45) is 0 Å². The second-order valence-corrected chi connectivity index (χ2v) is 9.61. The van der Waals surface area contributed by atoms with Crippen molar-refractivity contribution < 1.29 is 18.1 Å². The van der Waals surface area contributed by atoms with Crippen molar-refractivity contribution >= 4 is 43.9 Å². The maximum absolute atomic E-state index is 12.7. The molecule has 2 heterocycles. The van der Waals surface area contributed by atoms with E-state index in [1.165, 1.54) is 27.8 Å². The molecule has 1 aromatic heterocycles. The van der Waals surface area contributed by atoms with Crippen molar-refractivity contribution in [3.63, 3.8) is 0 Å². The van der Waals surface area contributed by atoms with Gasteiger partial charge in [-0.1, -0.05) is 11.3 Å². The van der Waals surface area contributed by atoms with Crippen LogP contribution in [0.5, 0.6) is 0 Å². The van der Waals surface area contributed by atoms with Crippen LogP contribution in [0.3, 0.4) is 0 Å². The Morgan fingerprint density at radius 2 is 2.11 bits per heavy atom. The molecule has 146 valence electrons. The monoisotopic (exact) mass is 431 g/mol. The number of anilines is 1. The lowest BCUT2D eigenvalue weighted by Crippen LogP contribution is -2.40. The highest BCUT2D eigenvalue weighted by molar-refractivity contribution is 8.01. The Labute approximate surface area is 164 Å². The molecule has 0 radical (unpaired) electrons. The number of hydrogen-bond donors (Lipinski definition) is 1. The zero-order chi connectivity index (χ0) is 19.4. The van der Waals surface area contributed by atoms with E-state index in [1.807, 2.05) is 6.92 Å². The van der Waals surface area contributed by atoms with Gasteiger partial charge in [0.05, 0.1) is 27.9 Å². The van der Waals surface area contributed by atoms with Crippen LogP contribution in [0.1, 0.15) is 6.92 Å². The molecule has 0 spiro atoms. The van der Waals surface area contributed by atoms with Gasteiger partial charge in [-0.15, -0.1) is 10.2 Å². The van der Waals surface area contributed by atoms with Gasteiger partial charge in [-0.05, 0) is 30.8 Å². The number of nitro benzene ring substituents is 1. The summed E-state index contributed by atoms with van der Waals surface area (Å²) in [5.74, 6) is 0. The first kappa shape index (κ1) is 19.9. The summed E-state index contributed by atoms with van der Waals surface area (Å²) in [6.45, 7) is 3.68. The number of ether oxygens (including phenoxy) is 1. The number of nitrogens with one attached hydrogen (secondary N) is 1. The lowest BCUT2D eigenvalue weighted by Gasteiger charge is -2.26. The van der Waals surface area contributed by atoms with Gasteiger partial charge in [0.2, 0.25) is 15.2 Å². The highest BCUT2D eigenvalue weighted by Crippen LogP contribution is 2.38. The average Bonchev–Trinajstić information content (AvgIpc) is 3.10. The van der Waals surface area contributed by atoms with E-state index in [1.54, 1.807) is 0 Å². The minimum absolute atomic E-state index is 0.106. The quantitative estimate of drug-likeness (QED) is 0.517. The summed E-state index contributed by atoms with van der Waals surface area (Å²) in [7, 11) is -3.81. The summed E-state index contributed by atoms with van der Waals surface area (Å²) in [5, 5.41) is 23.1. The second kappa shape index (κ2) is 8.48. The van der Waals surface area contributed by atoms with Gasteiger partial charge in [-0.25, -0.2) is 8.42 Å². The van der Waals surface area contributed by atoms with Crippen molar-refractivity contribution in [3.8, 4) is 0 Å². The summed E-state index contributed by atoms with van der Waals surface area (Å²) in [6.07, 6.45) is 0. The van der Waals surface area contributed by atoms with Gasteiger partial charge in [-0.2, -0.15) is 4.31 Å². The van der Waals surface area contributed by atoms with Crippen LogP contribution in [0, 0.1) is 10.1 Å². The van der Waals surface area contributed by atoms with Gasteiger partial charge < -0.3 is 10.1 Å². The maximum atomic E-state index is 12.7. The van der Waals surface area contributed by atoms with Crippen molar-refractivity contribution in [3.05, 3.63) is 28.3 Å². The summed E-state index contributed by atoms with van der Waals surface area (Å²) < 4.78 is 32.4. The van der Waals surface area contributed by atoms with Crippen LogP contribution in [0.25, 0.3) is 0 Å². The molecule has 1 fully saturated rings. The minimum atomic E-state index is -3.81. The lowest BCUT2D eigenvalue weighted by atomic mass is 10.3. The molecule has 27 heavy (non-hydrogen) atoms. The fourth-order valence-electron chi connectivity index (χ4n) is 2.39. The zero-order valence-corrected chi connectivity index (χ0v) is 16.8. The first-order valence-corrected chi connectivity index (χ1v) is 11.1. The molecule has 1 saturated heterocycles. The van der Waals surface area contributed by atoms with Gasteiger partial charge in [0, 0.05) is 25.7 Å².